The van der Waals surface area contributed by atoms with Crippen molar-refractivity contribution in [3.63, 3.8) is 0 Å². The van der Waals surface area contributed by atoms with E-state index in [0.29, 0.717) is 38.1 Å². The molecule has 0 spiro atoms. The van der Waals surface area contributed by atoms with Crippen LogP contribution in [-0.4, -0.2) is 41.9 Å². The van der Waals surface area contributed by atoms with Crippen molar-refractivity contribution in [1.29, 1.82) is 0 Å². The summed E-state index contributed by atoms with van der Waals surface area (Å²) in [5.74, 6) is 2.75. The van der Waals surface area contributed by atoms with Gasteiger partial charge in [-0.15, -0.1) is 6.42 Å². The lowest BCUT2D eigenvalue weighted by atomic mass is 10.0. The Balaban J connectivity index is 2.54. The molecule has 0 radical (unpaired) electrons. The molecule has 1 N–H and O–H groups in total. The summed E-state index contributed by atoms with van der Waals surface area (Å²) in [7, 11) is 0. The van der Waals surface area contributed by atoms with E-state index >= 15 is 0 Å². The molecule has 1 aromatic rings. The zero-order chi connectivity index (χ0) is 21.7. The predicted molar refractivity (Wildman–Crippen MR) is 112 cm³/mol. The van der Waals surface area contributed by atoms with Crippen molar-refractivity contribution in [1.82, 2.24) is 10.2 Å². The highest BCUT2D eigenvalue weighted by atomic mass is 16.5. The Bertz CT molecular complexity index is 756. The lowest BCUT2D eigenvalue weighted by Crippen LogP contribution is -2.50. The molecule has 0 aliphatic heterocycles. The van der Waals surface area contributed by atoms with Crippen LogP contribution in [0.25, 0.3) is 10.4 Å². The number of terminal acetylenes is 1. The van der Waals surface area contributed by atoms with Gasteiger partial charge in [0.2, 0.25) is 11.8 Å². The van der Waals surface area contributed by atoms with Crippen molar-refractivity contribution in [2.75, 3.05) is 19.7 Å². The van der Waals surface area contributed by atoms with E-state index < -0.39 is 5.54 Å². The van der Waals surface area contributed by atoms with E-state index in [0.717, 1.165) is 5.56 Å². The normalized spacial score (nSPS) is 10.4. The Labute approximate surface area is 172 Å². The van der Waals surface area contributed by atoms with Crippen LogP contribution in [0.15, 0.2) is 29.4 Å². The summed E-state index contributed by atoms with van der Waals surface area (Å²) in [5, 5.41) is 6.30. The van der Waals surface area contributed by atoms with Crippen LogP contribution >= 0.6 is 0 Å². The third kappa shape index (κ3) is 9.54. The zero-order valence-corrected chi connectivity index (χ0v) is 17.4. The second-order valence-electron chi connectivity index (χ2n) is 7.48. The summed E-state index contributed by atoms with van der Waals surface area (Å²) in [6, 6.07) is 7.28. The average Bonchev–Trinajstić information content (AvgIpc) is 2.68. The summed E-state index contributed by atoms with van der Waals surface area (Å²) in [5.41, 5.74) is 8.71. The summed E-state index contributed by atoms with van der Waals surface area (Å²) in [6.07, 6.45) is 6.72. The van der Waals surface area contributed by atoms with Gasteiger partial charge in [0, 0.05) is 30.0 Å². The highest BCUT2D eigenvalue weighted by Gasteiger charge is 2.27. The third-order valence-electron chi connectivity index (χ3n) is 4.11. The highest BCUT2D eigenvalue weighted by Crippen LogP contribution is 2.16. The molecule has 0 aliphatic carbocycles. The fourth-order valence-corrected chi connectivity index (χ4v) is 2.57. The van der Waals surface area contributed by atoms with Crippen molar-refractivity contribution in [2.24, 2.45) is 5.11 Å². The monoisotopic (exact) mass is 399 g/mol. The van der Waals surface area contributed by atoms with Gasteiger partial charge < -0.3 is 15.0 Å². The van der Waals surface area contributed by atoms with Gasteiger partial charge in [-0.3, -0.25) is 9.59 Å². The molecule has 156 valence electrons. The summed E-state index contributed by atoms with van der Waals surface area (Å²) < 4.78 is 5.31. The van der Waals surface area contributed by atoms with Gasteiger partial charge in [0.15, 0.2) is 0 Å². The van der Waals surface area contributed by atoms with Crippen molar-refractivity contribution in [2.45, 2.75) is 52.1 Å². The minimum Gasteiger partial charge on any atom is -0.481 e. The number of hydrogen-bond donors (Lipinski definition) is 1. The number of azide groups is 1. The first kappa shape index (κ1) is 23.9. The van der Waals surface area contributed by atoms with Crippen LogP contribution in [0.4, 0.5) is 0 Å². The minimum atomic E-state index is -0.477. The molecule has 0 saturated carbocycles. The maximum absolute atomic E-state index is 12.6. The number of nitrogens with zero attached hydrogens (tertiary/aromatic N) is 4. The van der Waals surface area contributed by atoms with E-state index in [9.17, 15) is 9.59 Å². The van der Waals surface area contributed by atoms with Gasteiger partial charge in [0.05, 0.1) is 0 Å². The number of amides is 2. The lowest BCUT2D eigenvalue weighted by Gasteiger charge is -2.35. The Morgan fingerprint density at radius 1 is 1.28 bits per heavy atom. The molecule has 2 amide bonds. The van der Waals surface area contributed by atoms with Gasteiger partial charge >= 0.3 is 0 Å². The molecule has 1 aromatic carbocycles. The van der Waals surface area contributed by atoms with E-state index in [1.165, 1.54) is 0 Å². The molecular weight excluding hydrogens is 370 g/mol. The zero-order valence-electron chi connectivity index (χ0n) is 17.4. The molecule has 0 aromatic heterocycles. The molecular formula is C21H29N5O3. The van der Waals surface area contributed by atoms with E-state index in [1.54, 1.807) is 17.0 Å². The fraction of sp³-hybridized carbons (Fsp3) is 0.524. The van der Waals surface area contributed by atoms with E-state index in [2.05, 4.69) is 21.3 Å². The van der Waals surface area contributed by atoms with Crippen LogP contribution in [0.1, 0.15) is 45.6 Å². The van der Waals surface area contributed by atoms with Gasteiger partial charge in [-0.25, -0.2) is 0 Å². The molecule has 0 atom stereocenters. The van der Waals surface area contributed by atoms with Crippen LogP contribution in [-0.2, 0) is 16.1 Å². The summed E-state index contributed by atoms with van der Waals surface area (Å²) in [4.78, 5) is 29.2. The van der Waals surface area contributed by atoms with Crippen LogP contribution in [0, 0.1) is 12.3 Å². The summed E-state index contributed by atoms with van der Waals surface area (Å²) >= 11 is 0. The molecule has 1 rings (SSSR count). The van der Waals surface area contributed by atoms with Crippen LogP contribution in [0.2, 0.25) is 0 Å². The predicted octanol–water partition coefficient (Wildman–Crippen LogP) is 3.42. The van der Waals surface area contributed by atoms with Gasteiger partial charge in [0.1, 0.15) is 18.9 Å². The molecule has 0 saturated heterocycles. The number of benzene rings is 1. The molecule has 0 fully saturated rings. The van der Waals surface area contributed by atoms with E-state index in [1.807, 2.05) is 32.9 Å². The van der Waals surface area contributed by atoms with Crippen LogP contribution in [0.5, 0.6) is 5.75 Å². The van der Waals surface area contributed by atoms with Crippen LogP contribution < -0.4 is 10.1 Å². The minimum absolute atomic E-state index is 0.0119. The number of hydrogen-bond acceptors (Lipinski definition) is 4. The number of ether oxygens (including phenoxy) is 1. The standard InChI is InChI=1S/C21H29N5O3/c1-5-14-29-18-11-9-17(10-12-18)15-23-19(27)16-26(21(2,3)4)20(28)8-6-7-13-24-25-22/h1,9-12H,6-8,13-16H2,2-4H3,(H,23,27). The second-order valence-corrected chi connectivity index (χ2v) is 7.48. The first-order chi connectivity index (χ1) is 13.8. The quantitative estimate of drug-likeness (QED) is 0.202. The van der Waals surface area contributed by atoms with Crippen molar-refractivity contribution >= 4 is 11.8 Å². The van der Waals surface area contributed by atoms with E-state index in [-0.39, 0.29) is 25.0 Å². The van der Waals surface area contributed by atoms with Gasteiger partial charge in [-0.05, 0) is 56.8 Å². The molecule has 0 aliphatic rings. The van der Waals surface area contributed by atoms with Gasteiger partial charge in [-0.2, -0.15) is 0 Å². The molecule has 8 heteroatoms. The first-order valence-electron chi connectivity index (χ1n) is 9.51. The average molecular weight is 399 g/mol. The largest absolute Gasteiger partial charge is 0.481 e. The molecule has 29 heavy (non-hydrogen) atoms. The maximum Gasteiger partial charge on any atom is 0.239 e. The number of rotatable bonds is 11. The lowest BCUT2D eigenvalue weighted by molar-refractivity contribution is -0.141. The highest BCUT2D eigenvalue weighted by molar-refractivity contribution is 5.85. The first-order valence-corrected chi connectivity index (χ1v) is 9.51. The Hall–Kier alpha value is -3.17. The smallest absolute Gasteiger partial charge is 0.239 e. The number of carbonyl (C=O) groups is 2. The molecule has 0 bridgehead atoms. The summed E-state index contributed by atoms with van der Waals surface area (Å²) in [6.45, 7) is 6.60. The Morgan fingerprint density at radius 2 is 1.97 bits per heavy atom. The number of carbonyl (C=O) groups excluding carboxylic acids is 2. The second kappa shape index (κ2) is 12.3. The Morgan fingerprint density at radius 3 is 2.55 bits per heavy atom. The molecule has 0 unspecified atom stereocenters. The van der Waals surface area contributed by atoms with Crippen molar-refractivity contribution in [3.05, 3.63) is 40.3 Å². The van der Waals surface area contributed by atoms with Crippen molar-refractivity contribution in [3.8, 4) is 18.1 Å². The maximum atomic E-state index is 12.6. The van der Waals surface area contributed by atoms with Crippen molar-refractivity contribution < 1.29 is 14.3 Å². The topological polar surface area (TPSA) is 107 Å². The molecule has 8 nitrogen and oxygen atoms in total. The number of unbranched alkanes of at least 4 members (excludes halogenated alkanes) is 1. The van der Waals surface area contributed by atoms with Crippen LogP contribution in [0.3, 0.4) is 0 Å². The SMILES string of the molecule is C#CCOc1ccc(CNC(=O)CN(C(=O)CCCCN=[N+]=[N-])C(C)(C)C)cc1. The fourth-order valence-electron chi connectivity index (χ4n) is 2.57. The van der Waals surface area contributed by atoms with Gasteiger partial charge in [-0.1, -0.05) is 23.2 Å². The van der Waals surface area contributed by atoms with Gasteiger partial charge in [0.25, 0.3) is 0 Å². The molecule has 0 heterocycles. The number of nitrogens with one attached hydrogen (secondary N) is 1. The third-order valence-corrected chi connectivity index (χ3v) is 4.11. The van der Waals surface area contributed by atoms with E-state index in [4.69, 9.17) is 16.7 Å². The Kier molecular flexibility index (Phi) is 10.1.